The minimum Gasteiger partial charge on any atom is -0.495 e. The first-order chi connectivity index (χ1) is 15.2. The number of sulfonamides is 2. The zero-order valence-electron chi connectivity index (χ0n) is 19.6. The van der Waals surface area contributed by atoms with Crippen LogP contribution in [-0.4, -0.2) is 48.7 Å². The fourth-order valence-electron chi connectivity index (χ4n) is 3.08. The van der Waals surface area contributed by atoms with Crippen molar-refractivity contribution >= 4 is 37.3 Å². The SMILES string of the molecule is COc1ccc(S(=O)(=O)NC(C)C)cc1NC(=O)CN(c1ccc(C(C)C)cc1)S(C)(=O)=O. The molecule has 11 heteroatoms. The zero-order chi connectivity index (χ0) is 25.0. The summed E-state index contributed by atoms with van der Waals surface area (Å²) in [6.45, 7) is 6.93. The fraction of sp³-hybridized carbons (Fsp3) is 0.409. The highest BCUT2D eigenvalue weighted by Crippen LogP contribution is 2.28. The van der Waals surface area contributed by atoms with Crippen LogP contribution < -0.4 is 19.1 Å². The van der Waals surface area contributed by atoms with Crippen LogP contribution in [0.15, 0.2) is 47.4 Å². The molecule has 1 amide bonds. The van der Waals surface area contributed by atoms with Crippen molar-refractivity contribution in [2.24, 2.45) is 0 Å². The number of anilines is 2. The third-order valence-electron chi connectivity index (χ3n) is 4.68. The maximum Gasteiger partial charge on any atom is 0.245 e. The molecule has 2 rings (SSSR count). The second kappa shape index (κ2) is 10.5. The number of nitrogens with zero attached hydrogens (tertiary/aromatic N) is 1. The second-order valence-corrected chi connectivity index (χ2v) is 11.8. The van der Waals surface area contributed by atoms with E-state index in [1.165, 1.54) is 25.3 Å². The monoisotopic (exact) mass is 497 g/mol. The van der Waals surface area contributed by atoms with Gasteiger partial charge in [0.2, 0.25) is 26.0 Å². The summed E-state index contributed by atoms with van der Waals surface area (Å²) in [5.41, 5.74) is 1.49. The number of hydrogen-bond acceptors (Lipinski definition) is 6. The predicted octanol–water partition coefficient (Wildman–Crippen LogP) is 2.91. The van der Waals surface area contributed by atoms with Crippen LogP contribution in [0, 0.1) is 0 Å². The van der Waals surface area contributed by atoms with E-state index in [9.17, 15) is 21.6 Å². The Morgan fingerprint density at radius 3 is 2.09 bits per heavy atom. The van der Waals surface area contributed by atoms with Gasteiger partial charge in [-0.2, -0.15) is 0 Å². The molecule has 0 atom stereocenters. The smallest absolute Gasteiger partial charge is 0.245 e. The molecular weight excluding hydrogens is 466 g/mol. The number of carbonyl (C=O) groups is 1. The van der Waals surface area contributed by atoms with E-state index < -0.39 is 32.5 Å². The van der Waals surface area contributed by atoms with Gasteiger partial charge in [0.25, 0.3) is 0 Å². The van der Waals surface area contributed by atoms with E-state index >= 15 is 0 Å². The number of rotatable bonds is 10. The molecular formula is C22H31N3O6S2. The van der Waals surface area contributed by atoms with Crippen molar-refractivity contribution in [2.75, 3.05) is 29.5 Å². The summed E-state index contributed by atoms with van der Waals surface area (Å²) in [5.74, 6) is -0.146. The van der Waals surface area contributed by atoms with Crippen molar-refractivity contribution in [3.05, 3.63) is 48.0 Å². The molecule has 0 spiro atoms. The third-order valence-corrected chi connectivity index (χ3v) is 7.48. The molecule has 0 heterocycles. The van der Waals surface area contributed by atoms with Crippen molar-refractivity contribution in [3.8, 4) is 5.75 Å². The first-order valence-electron chi connectivity index (χ1n) is 10.3. The van der Waals surface area contributed by atoms with E-state index in [-0.39, 0.29) is 28.3 Å². The minimum atomic E-state index is -3.81. The summed E-state index contributed by atoms with van der Waals surface area (Å²) in [4.78, 5) is 12.7. The normalized spacial score (nSPS) is 12.1. The van der Waals surface area contributed by atoms with Gasteiger partial charge in [0.1, 0.15) is 12.3 Å². The van der Waals surface area contributed by atoms with Crippen LogP contribution in [0.1, 0.15) is 39.2 Å². The largest absolute Gasteiger partial charge is 0.495 e. The Balaban J connectivity index is 2.32. The number of benzene rings is 2. The van der Waals surface area contributed by atoms with E-state index in [1.807, 2.05) is 26.0 Å². The first-order valence-corrected chi connectivity index (χ1v) is 13.7. The fourth-order valence-corrected chi connectivity index (χ4v) is 5.21. The lowest BCUT2D eigenvalue weighted by atomic mass is 10.0. The zero-order valence-corrected chi connectivity index (χ0v) is 21.2. The van der Waals surface area contributed by atoms with Gasteiger partial charge < -0.3 is 10.1 Å². The number of hydrogen-bond donors (Lipinski definition) is 2. The van der Waals surface area contributed by atoms with E-state index in [0.717, 1.165) is 16.1 Å². The highest BCUT2D eigenvalue weighted by atomic mass is 32.2. The molecule has 0 unspecified atom stereocenters. The van der Waals surface area contributed by atoms with Crippen molar-refractivity contribution < 1.29 is 26.4 Å². The summed E-state index contributed by atoms with van der Waals surface area (Å²) in [6.07, 6.45) is 1.02. The number of carbonyl (C=O) groups excluding carboxylic acids is 1. The van der Waals surface area contributed by atoms with Gasteiger partial charge in [0.15, 0.2) is 0 Å². The summed E-state index contributed by atoms with van der Waals surface area (Å²) in [6, 6.07) is 10.7. The molecule has 0 aliphatic heterocycles. The molecule has 2 aromatic rings. The minimum absolute atomic E-state index is 0.0588. The second-order valence-electron chi connectivity index (χ2n) is 8.20. The summed E-state index contributed by atoms with van der Waals surface area (Å²) in [7, 11) is -6.19. The van der Waals surface area contributed by atoms with Crippen LogP contribution in [0.2, 0.25) is 0 Å². The van der Waals surface area contributed by atoms with Crippen LogP contribution in [0.4, 0.5) is 11.4 Å². The molecule has 0 aliphatic carbocycles. The molecule has 2 N–H and O–H groups in total. The van der Waals surface area contributed by atoms with Crippen LogP contribution >= 0.6 is 0 Å². The van der Waals surface area contributed by atoms with Crippen LogP contribution in [0.5, 0.6) is 5.75 Å². The van der Waals surface area contributed by atoms with Crippen LogP contribution in [-0.2, 0) is 24.8 Å². The van der Waals surface area contributed by atoms with Crippen molar-refractivity contribution in [2.45, 2.75) is 44.6 Å². The quantitative estimate of drug-likeness (QED) is 0.521. The van der Waals surface area contributed by atoms with Gasteiger partial charge in [0, 0.05) is 6.04 Å². The highest BCUT2D eigenvalue weighted by molar-refractivity contribution is 7.92. The van der Waals surface area contributed by atoms with Gasteiger partial charge in [-0.25, -0.2) is 21.6 Å². The van der Waals surface area contributed by atoms with E-state index in [4.69, 9.17) is 4.74 Å². The van der Waals surface area contributed by atoms with Crippen molar-refractivity contribution in [3.63, 3.8) is 0 Å². The van der Waals surface area contributed by atoms with Gasteiger partial charge in [-0.1, -0.05) is 26.0 Å². The Hall–Kier alpha value is -2.63. The van der Waals surface area contributed by atoms with Gasteiger partial charge >= 0.3 is 0 Å². The number of ether oxygens (including phenoxy) is 1. The van der Waals surface area contributed by atoms with Crippen LogP contribution in [0.25, 0.3) is 0 Å². The van der Waals surface area contributed by atoms with Crippen LogP contribution in [0.3, 0.4) is 0 Å². The molecule has 0 saturated heterocycles. The number of methoxy groups -OCH3 is 1. The van der Waals surface area contributed by atoms with Gasteiger partial charge in [-0.05, 0) is 55.7 Å². The molecule has 33 heavy (non-hydrogen) atoms. The predicted molar refractivity (Wildman–Crippen MR) is 130 cm³/mol. The Morgan fingerprint density at radius 2 is 1.61 bits per heavy atom. The Labute approximate surface area is 196 Å². The highest BCUT2D eigenvalue weighted by Gasteiger charge is 2.23. The summed E-state index contributed by atoms with van der Waals surface area (Å²) < 4.78 is 58.4. The molecule has 0 aliphatic rings. The number of amides is 1. The first kappa shape index (κ1) is 26.6. The Bertz CT molecular complexity index is 1190. The van der Waals surface area contributed by atoms with E-state index in [1.54, 1.807) is 26.0 Å². The van der Waals surface area contributed by atoms with Gasteiger partial charge in [-0.3, -0.25) is 9.10 Å². The molecule has 0 fully saturated rings. The maximum absolute atomic E-state index is 12.8. The van der Waals surface area contributed by atoms with Gasteiger partial charge in [0.05, 0.1) is 29.6 Å². The molecule has 0 radical (unpaired) electrons. The molecule has 0 saturated carbocycles. The standard InChI is InChI=1S/C22H31N3O6S2/c1-15(2)17-7-9-18(10-8-17)25(32(6,27)28)14-22(26)23-20-13-19(11-12-21(20)31-5)33(29,30)24-16(3)4/h7-13,15-16,24H,14H2,1-6H3,(H,23,26). The summed E-state index contributed by atoms with van der Waals surface area (Å²) >= 11 is 0. The average Bonchev–Trinajstić information content (AvgIpc) is 2.70. The molecule has 0 aromatic heterocycles. The lowest BCUT2D eigenvalue weighted by Crippen LogP contribution is -2.37. The molecule has 9 nitrogen and oxygen atoms in total. The Kier molecular flexibility index (Phi) is 8.50. The summed E-state index contributed by atoms with van der Waals surface area (Å²) in [5, 5.41) is 2.57. The number of nitrogens with one attached hydrogen (secondary N) is 2. The Morgan fingerprint density at radius 1 is 1.00 bits per heavy atom. The molecule has 0 bridgehead atoms. The van der Waals surface area contributed by atoms with E-state index in [2.05, 4.69) is 10.0 Å². The lowest BCUT2D eigenvalue weighted by molar-refractivity contribution is -0.114. The molecule has 2 aromatic carbocycles. The topological polar surface area (TPSA) is 122 Å². The lowest BCUT2D eigenvalue weighted by Gasteiger charge is -2.23. The van der Waals surface area contributed by atoms with Gasteiger partial charge in [-0.15, -0.1) is 0 Å². The van der Waals surface area contributed by atoms with Crippen molar-refractivity contribution in [1.82, 2.24) is 4.72 Å². The average molecular weight is 498 g/mol. The third kappa shape index (κ3) is 7.18. The van der Waals surface area contributed by atoms with E-state index in [0.29, 0.717) is 5.69 Å². The maximum atomic E-state index is 12.8. The van der Waals surface area contributed by atoms with Crippen molar-refractivity contribution in [1.29, 1.82) is 0 Å². The molecule has 182 valence electrons.